The third-order valence-electron chi connectivity index (χ3n) is 3.96. The highest BCUT2D eigenvalue weighted by Crippen LogP contribution is 2.50. The molecule has 0 spiro atoms. The molecule has 0 saturated heterocycles. The van der Waals surface area contributed by atoms with Gasteiger partial charge in [-0.05, 0) is 52.1 Å². The molecule has 0 amide bonds. The third kappa shape index (κ3) is 3.22. The van der Waals surface area contributed by atoms with Gasteiger partial charge in [0, 0.05) is 16.7 Å². The van der Waals surface area contributed by atoms with E-state index in [1.807, 2.05) is 10.8 Å². The molecule has 0 bridgehead atoms. The van der Waals surface area contributed by atoms with Crippen molar-refractivity contribution in [3.05, 3.63) is 22.4 Å². The molecule has 4 heteroatoms. The Kier molecular flexibility index (Phi) is 3.58. The summed E-state index contributed by atoms with van der Waals surface area (Å²) in [6.45, 7) is 9.11. The van der Waals surface area contributed by atoms with Gasteiger partial charge in [0.05, 0.1) is 0 Å². The van der Waals surface area contributed by atoms with Gasteiger partial charge in [0.1, 0.15) is 5.69 Å². The lowest BCUT2D eigenvalue weighted by Crippen LogP contribution is -2.35. The Hall–Kier alpha value is -0.770. The summed E-state index contributed by atoms with van der Waals surface area (Å²) in [6.07, 6.45) is 5.14. The molecule has 1 heterocycles. The van der Waals surface area contributed by atoms with E-state index in [1.165, 1.54) is 6.42 Å². The Morgan fingerprint density at radius 3 is 2.32 bits per heavy atom. The molecule has 0 radical (unpaired) electrons. The number of carboxylic acid groups (broad SMARTS) is 1. The minimum atomic E-state index is -0.855. The molecule has 0 aliphatic heterocycles. The zero-order valence-corrected chi connectivity index (χ0v) is 13.6. The topological polar surface area (TPSA) is 42.2 Å². The molecule has 1 fully saturated rings. The van der Waals surface area contributed by atoms with Crippen molar-refractivity contribution in [1.29, 1.82) is 0 Å². The van der Waals surface area contributed by atoms with Crippen molar-refractivity contribution in [3.63, 3.8) is 0 Å². The van der Waals surface area contributed by atoms with E-state index in [0.29, 0.717) is 5.69 Å². The molecule has 0 atom stereocenters. The average Bonchev–Trinajstić information content (AvgIpc) is 2.55. The maximum Gasteiger partial charge on any atom is 0.352 e. The average molecular weight is 328 g/mol. The van der Waals surface area contributed by atoms with E-state index < -0.39 is 5.97 Å². The van der Waals surface area contributed by atoms with Gasteiger partial charge in [-0.2, -0.15) is 0 Å². The van der Waals surface area contributed by atoms with Gasteiger partial charge >= 0.3 is 5.97 Å². The minimum Gasteiger partial charge on any atom is -0.477 e. The van der Waals surface area contributed by atoms with Crippen LogP contribution in [0.15, 0.2) is 16.7 Å². The van der Waals surface area contributed by atoms with Crippen LogP contribution in [0.25, 0.3) is 0 Å². The SMILES string of the molecule is CC1(C)CC(n2cc(Br)cc2C(=O)O)CC(C)(C)C1. The van der Waals surface area contributed by atoms with E-state index >= 15 is 0 Å². The molecule has 1 N–H and O–H groups in total. The molecule has 1 saturated carbocycles. The van der Waals surface area contributed by atoms with Gasteiger partial charge < -0.3 is 9.67 Å². The van der Waals surface area contributed by atoms with Crippen molar-refractivity contribution in [2.45, 2.75) is 53.0 Å². The van der Waals surface area contributed by atoms with Gasteiger partial charge in [0.25, 0.3) is 0 Å². The fraction of sp³-hybridized carbons (Fsp3) is 0.667. The van der Waals surface area contributed by atoms with E-state index in [9.17, 15) is 9.90 Å². The summed E-state index contributed by atoms with van der Waals surface area (Å²) in [5.74, 6) is -0.855. The van der Waals surface area contributed by atoms with Crippen LogP contribution in [0, 0.1) is 10.8 Å². The van der Waals surface area contributed by atoms with E-state index in [1.54, 1.807) is 6.07 Å². The van der Waals surface area contributed by atoms with Crippen LogP contribution in [0.2, 0.25) is 0 Å². The molecular weight excluding hydrogens is 306 g/mol. The summed E-state index contributed by atoms with van der Waals surface area (Å²) in [5, 5.41) is 9.33. The van der Waals surface area contributed by atoms with Crippen LogP contribution in [0.4, 0.5) is 0 Å². The maximum absolute atomic E-state index is 11.4. The second kappa shape index (κ2) is 4.65. The Labute approximate surface area is 123 Å². The lowest BCUT2D eigenvalue weighted by atomic mass is 9.63. The number of aromatic carboxylic acids is 1. The Bertz CT molecular complexity index is 486. The summed E-state index contributed by atoms with van der Waals surface area (Å²) < 4.78 is 2.78. The van der Waals surface area contributed by atoms with Crippen LogP contribution < -0.4 is 0 Å². The molecule has 3 nitrogen and oxygen atoms in total. The maximum atomic E-state index is 11.4. The largest absolute Gasteiger partial charge is 0.477 e. The Morgan fingerprint density at radius 2 is 1.84 bits per heavy atom. The molecule has 0 aromatic carbocycles. The van der Waals surface area contributed by atoms with Crippen LogP contribution >= 0.6 is 15.9 Å². The van der Waals surface area contributed by atoms with Gasteiger partial charge in [-0.25, -0.2) is 4.79 Å². The van der Waals surface area contributed by atoms with Gasteiger partial charge in [0.15, 0.2) is 0 Å². The third-order valence-corrected chi connectivity index (χ3v) is 4.39. The monoisotopic (exact) mass is 327 g/mol. The van der Waals surface area contributed by atoms with Crippen molar-refractivity contribution in [1.82, 2.24) is 4.57 Å². The van der Waals surface area contributed by atoms with Gasteiger partial charge in [0.2, 0.25) is 0 Å². The van der Waals surface area contributed by atoms with Crippen LogP contribution in [-0.4, -0.2) is 15.6 Å². The molecule has 106 valence electrons. The summed E-state index contributed by atoms with van der Waals surface area (Å²) in [5.41, 5.74) is 0.878. The van der Waals surface area contributed by atoms with Gasteiger partial charge in [-0.3, -0.25) is 0 Å². The first-order valence-electron chi connectivity index (χ1n) is 6.70. The van der Waals surface area contributed by atoms with Crippen molar-refractivity contribution in [2.24, 2.45) is 10.8 Å². The second-order valence-electron chi connectivity index (χ2n) is 7.32. The number of halogens is 1. The highest BCUT2D eigenvalue weighted by molar-refractivity contribution is 9.10. The van der Waals surface area contributed by atoms with Gasteiger partial charge in [-0.1, -0.05) is 27.7 Å². The van der Waals surface area contributed by atoms with E-state index in [2.05, 4.69) is 43.6 Å². The first kappa shape index (κ1) is 14.6. The van der Waals surface area contributed by atoms with Crippen molar-refractivity contribution in [3.8, 4) is 0 Å². The highest BCUT2D eigenvalue weighted by Gasteiger charge is 2.39. The molecule has 2 rings (SSSR count). The summed E-state index contributed by atoms with van der Waals surface area (Å²) in [6, 6.07) is 1.95. The van der Waals surface area contributed by atoms with Crippen LogP contribution in [-0.2, 0) is 0 Å². The van der Waals surface area contributed by atoms with Gasteiger partial charge in [-0.15, -0.1) is 0 Å². The van der Waals surface area contributed by atoms with Crippen molar-refractivity contribution < 1.29 is 9.90 Å². The standard InChI is InChI=1S/C15H22BrNO2/c1-14(2)6-11(7-15(3,4)9-14)17-8-10(16)5-12(17)13(18)19/h5,8,11H,6-7,9H2,1-4H3,(H,18,19). The molecule has 1 aromatic rings. The minimum absolute atomic E-state index is 0.249. The first-order chi connectivity index (χ1) is 8.60. The van der Waals surface area contributed by atoms with Crippen LogP contribution in [0.1, 0.15) is 63.5 Å². The number of hydrogen-bond acceptors (Lipinski definition) is 1. The highest BCUT2D eigenvalue weighted by atomic mass is 79.9. The zero-order chi connectivity index (χ0) is 14.4. The number of aromatic nitrogens is 1. The smallest absolute Gasteiger partial charge is 0.352 e. The summed E-state index contributed by atoms with van der Waals surface area (Å²) in [7, 11) is 0. The van der Waals surface area contributed by atoms with Crippen LogP contribution in [0.5, 0.6) is 0 Å². The first-order valence-corrected chi connectivity index (χ1v) is 7.50. The van der Waals surface area contributed by atoms with Crippen molar-refractivity contribution in [2.75, 3.05) is 0 Å². The quantitative estimate of drug-likeness (QED) is 0.853. The fourth-order valence-electron chi connectivity index (χ4n) is 3.90. The number of rotatable bonds is 2. The van der Waals surface area contributed by atoms with E-state index in [4.69, 9.17) is 0 Å². The molecule has 19 heavy (non-hydrogen) atoms. The molecule has 0 unspecified atom stereocenters. The van der Waals surface area contributed by atoms with Crippen molar-refractivity contribution >= 4 is 21.9 Å². The van der Waals surface area contributed by atoms with E-state index in [0.717, 1.165) is 17.3 Å². The Balaban J connectivity index is 2.38. The normalized spacial score (nSPS) is 22.4. The number of hydrogen-bond donors (Lipinski definition) is 1. The predicted octanol–water partition coefficient (Wildman–Crippen LogP) is 4.73. The lowest BCUT2D eigenvalue weighted by molar-refractivity contribution is 0.0601. The molecule has 1 aliphatic rings. The summed E-state index contributed by atoms with van der Waals surface area (Å²) >= 11 is 3.39. The number of carbonyl (C=O) groups is 1. The summed E-state index contributed by atoms with van der Waals surface area (Å²) in [4.78, 5) is 11.4. The van der Waals surface area contributed by atoms with E-state index in [-0.39, 0.29) is 16.9 Å². The second-order valence-corrected chi connectivity index (χ2v) is 8.24. The number of carboxylic acids is 1. The molecule has 1 aromatic heterocycles. The number of nitrogens with zero attached hydrogens (tertiary/aromatic N) is 1. The molecule has 1 aliphatic carbocycles. The van der Waals surface area contributed by atoms with Crippen LogP contribution in [0.3, 0.4) is 0 Å². The fourth-order valence-corrected chi connectivity index (χ4v) is 4.34. The Morgan fingerprint density at radius 1 is 1.32 bits per heavy atom. The predicted molar refractivity (Wildman–Crippen MR) is 79.5 cm³/mol. The molecular formula is C15H22BrNO2. The lowest BCUT2D eigenvalue weighted by Gasteiger charge is -2.45. The zero-order valence-electron chi connectivity index (χ0n) is 12.0.